The zero-order valence-electron chi connectivity index (χ0n) is 16.6. The summed E-state index contributed by atoms with van der Waals surface area (Å²) >= 11 is 2.88. The normalized spacial score (nSPS) is 11.2. The molecular weight excluding hydrogens is 404 g/mol. The van der Waals surface area contributed by atoms with Crippen LogP contribution in [-0.2, 0) is 11.2 Å². The number of benzene rings is 1. The van der Waals surface area contributed by atoms with Crippen LogP contribution in [0.5, 0.6) is 0 Å². The number of hydrogen-bond donors (Lipinski definition) is 1. The van der Waals surface area contributed by atoms with Crippen molar-refractivity contribution in [1.29, 1.82) is 0 Å². The molecule has 3 heterocycles. The van der Waals surface area contributed by atoms with Crippen molar-refractivity contribution in [3.63, 3.8) is 0 Å². The van der Waals surface area contributed by atoms with Gasteiger partial charge in [-0.05, 0) is 27.0 Å². The van der Waals surface area contributed by atoms with Crippen LogP contribution in [0.25, 0.3) is 17.0 Å². The molecule has 0 aliphatic rings. The van der Waals surface area contributed by atoms with Crippen molar-refractivity contribution in [1.82, 2.24) is 24.6 Å². The van der Waals surface area contributed by atoms with Crippen LogP contribution in [0.1, 0.15) is 22.5 Å². The molecule has 0 fully saturated rings. The number of carbonyl (C=O) groups is 1. The van der Waals surface area contributed by atoms with Gasteiger partial charge in [0.1, 0.15) is 0 Å². The van der Waals surface area contributed by atoms with Crippen molar-refractivity contribution in [2.45, 2.75) is 32.3 Å². The van der Waals surface area contributed by atoms with Gasteiger partial charge in [0, 0.05) is 27.9 Å². The summed E-state index contributed by atoms with van der Waals surface area (Å²) in [6, 6.07) is 8.16. The zero-order valence-corrected chi connectivity index (χ0v) is 18.2. The Kier molecular flexibility index (Phi) is 5.33. The molecule has 0 saturated carbocycles. The van der Waals surface area contributed by atoms with Gasteiger partial charge in [-0.1, -0.05) is 41.6 Å². The maximum absolute atomic E-state index is 12.7. The third-order valence-electron chi connectivity index (χ3n) is 4.65. The topological polar surface area (TPSA) is 85.1 Å². The van der Waals surface area contributed by atoms with E-state index in [1.807, 2.05) is 56.7 Å². The van der Waals surface area contributed by atoms with E-state index in [1.165, 1.54) is 28.7 Å². The number of hydrogen-bond acceptors (Lipinski definition) is 7. The molecule has 0 aliphatic heterocycles. The van der Waals surface area contributed by atoms with Gasteiger partial charge in [0.2, 0.25) is 11.1 Å². The highest BCUT2D eigenvalue weighted by Gasteiger charge is 2.17. The van der Waals surface area contributed by atoms with Crippen LogP contribution in [0.15, 0.2) is 34.8 Å². The highest BCUT2D eigenvalue weighted by atomic mass is 32.2. The number of carbonyl (C=O) groups excluding carboxylic acids is 1. The van der Waals surface area contributed by atoms with Crippen LogP contribution in [0.2, 0.25) is 0 Å². The van der Waals surface area contributed by atoms with Crippen LogP contribution < -0.4 is 5.32 Å². The summed E-state index contributed by atoms with van der Waals surface area (Å²) in [5.74, 6) is 0.420. The van der Waals surface area contributed by atoms with Gasteiger partial charge in [-0.25, -0.2) is 14.5 Å². The van der Waals surface area contributed by atoms with Crippen LogP contribution in [-0.4, -0.2) is 36.7 Å². The van der Waals surface area contributed by atoms with Gasteiger partial charge in [0.15, 0.2) is 5.13 Å². The number of anilines is 1. The molecule has 0 radical (unpaired) electrons. The summed E-state index contributed by atoms with van der Waals surface area (Å²) < 4.78 is 1.69. The maximum Gasteiger partial charge on any atom is 0.253 e. The summed E-state index contributed by atoms with van der Waals surface area (Å²) in [5, 5.41) is 10.5. The Bertz CT molecular complexity index is 1200. The van der Waals surface area contributed by atoms with Gasteiger partial charge in [-0.2, -0.15) is 4.98 Å². The Morgan fingerprint density at radius 3 is 2.62 bits per heavy atom. The minimum atomic E-state index is -0.132. The Labute approximate surface area is 176 Å². The third-order valence-corrected chi connectivity index (χ3v) is 5.94. The van der Waals surface area contributed by atoms with Crippen LogP contribution in [0.4, 0.5) is 5.13 Å². The number of amides is 1. The predicted octanol–water partition coefficient (Wildman–Crippen LogP) is 4.08. The van der Waals surface area contributed by atoms with Crippen molar-refractivity contribution in [2.75, 3.05) is 11.6 Å². The highest BCUT2D eigenvalue weighted by molar-refractivity contribution is 7.98. The fraction of sp³-hybridized carbons (Fsp3) is 0.250. The first-order valence-electron chi connectivity index (χ1n) is 9.04. The highest BCUT2D eigenvalue weighted by Crippen LogP contribution is 2.25. The molecule has 0 saturated heterocycles. The summed E-state index contributed by atoms with van der Waals surface area (Å²) in [6.45, 7) is 5.87. The molecule has 0 atom stereocenters. The van der Waals surface area contributed by atoms with E-state index >= 15 is 0 Å². The van der Waals surface area contributed by atoms with Crippen LogP contribution in [0.3, 0.4) is 0 Å². The lowest BCUT2D eigenvalue weighted by molar-refractivity contribution is -0.115. The standard InChI is InChI=1S/C20H20N6OS2/c1-11-5-7-14(8-6-11)16-10-29-19(22-16)23-17(27)9-15-12(2)21-18-24-20(28-4)25-26(18)13(15)3/h5-8,10H,9H2,1-4H3,(H,22,23,27). The molecule has 0 aliphatic carbocycles. The second-order valence-electron chi connectivity index (χ2n) is 6.70. The fourth-order valence-corrected chi connectivity index (χ4v) is 4.12. The van der Waals surface area contributed by atoms with Crippen molar-refractivity contribution in [3.05, 3.63) is 52.2 Å². The molecule has 0 unspecified atom stereocenters. The number of thioether (sulfide) groups is 1. The number of rotatable bonds is 5. The fourth-order valence-electron chi connectivity index (χ4n) is 3.04. The zero-order chi connectivity index (χ0) is 20.5. The number of nitrogens with zero attached hydrogens (tertiary/aromatic N) is 5. The monoisotopic (exact) mass is 424 g/mol. The Morgan fingerprint density at radius 2 is 1.90 bits per heavy atom. The maximum atomic E-state index is 12.7. The minimum Gasteiger partial charge on any atom is -0.302 e. The van der Waals surface area contributed by atoms with Crippen LogP contribution in [0, 0.1) is 20.8 Å². The molecule has 3 aromatic heterocycles. The Hall–Kier alpha value is -2.78. The van der Waals surface area contributed by atoms with E-state index in [4.69, 9.17) is 0 Å². The molecule has 29 heavy (non-hydrogen) atoms. The predicted molar refractivity (Wildman–Crippen MR) is 117 cm³/mol. The Balaban J connectivity index is 1.52. The van der Waals surface area contributed by atoms with Gasteiger partial charge in [0.05, 0.1) is 12.1 Å². The van der Waals surface area contributed by atoms with E-state index < -0.39 is 0 Å². The molecule has 7 nitrogen and oxygen atoms in total. The first-order chi connectivity index (χ1) is 13.9. The van der Waals surface area contributed by atoms with E-state index in [1.54, 1.807) is 4.52 Å². The molecule has 0 spiro atoms. The van der Waals surface area contributed by atoms with Gasteiger partial charge in [0.25, 0.3) is 5.78 Å². The summed E-state index contributed by atoms with van der Waals surface area (Å²) in [5.41, 5.74) is 5.59. The molecule has 4 aromatic rings. The SMILES string of the molecule is CSc1nc2nc(C)c(CC(=O)Nc3nc(-c4ccc(C)cc4)cs3)c(C)n2n1. The second kappa shape index (κ2) is 7.92. The third kappa shape index (κ3) is 4.01. The van der Waals surface area contributed by atoms with E-state index in [0.717, 1.165) is 28.2 Å². The molecule has 1 N–H and O–H groups in total. The lowest BCUT2D eigenvalue weighted by Gasteiger charge is -2.09. The average Bonchev–Trinajstić information content (AvgIpc) is 3.32. The number of aryl methyl sites for hydroxylation is 3. The second-order valence-corrected chi connectivity index (χ2v) is 8.33. The largest absolute Gasteiger partial charge is 0.302 e. The Morgan fingerprint density at radius 1 is 1.14 bits per heavy atom. The first-order valence-corrected chi connectivity index (χ1v) is 11.1. The number of thiazole rings is 1. The summed E-state index contributed by atoms with van der Waals surface area (Å²) in [4.78, 5) is 26.1. The van der Waals surface area contributed by atoms with E-state index in [9.17, 15) is 4.79 Å². The summed E-state index contributed by atoms with van der Waals surface area (Å²) in [7, 11) is 0. The molecule has 1 amide bonds. The van der Waals surface area contributed by atoms with Crippen molar-refractivity contribution < 1.29 is 4.79 Å². The molecule has 1 aromatic carbocycles. The smallest absolute Gasteiger partial charge is 0.253 e. The van der Waals surface area contributed by atoms with Crippen LogP contribution >= 0.6 is 23.1 Å². The lowest BCUT2D eigenvalue weighted by Crippen LogP contribution is -2.17. The average molecular weight is 425 g/mol. The first kappa shape index (κ1) is 19.5. The number of nitrogens with one attached hydrogen (secondary N) is 1. The van der Waals surface area contributed by atoms with Crippen molar-refractivity contribution in [3.8, 4) is 11.3 Å². The van der Waals surface area contributed by atoms with Gasteiger partial charge in [-0.3, -0.25) is 4.79 Å². The van der Waals surface area contributed by atoms with Crippen molar-refractivity contribution in [2.24, 2.45) is 0 Å². The molecular formula is C20H20N6OS2. The summed E-state index contributed by atoms with van der Waals surface area (Å²) in [6.07, 6.45) is 2.12. The number of fused-ring (bicyclic) bond motifs is 1. The molecule has 0 bridgehead atoms. The lowest BCUT2D eigenvalue weighted by atomic mass is 10.1. The minimum absolute atomic E-state index is 0.132. The van der Waals surface area contributed by atoms with Crippen molar-refractivity contribution >= 4 is 39.9 Å². The van der Waals surface area contributed by atoms with E-state index in [2.05, 4.69) is 25.4 Å². The van der Waals surface area contributed by atoms with Gasteiger partial charge >= 0.3 is 0 Å². The molecule has 9 heteroatoms. The number of aromatic nitrogens is 5. The van der Waals surface area contributed by atoms with E-state index in [0.29, 0.717) is 16.1 Å². The molecule has 4 rings (SSSR count). The van der Waals surface area contributed by atoms with E-state index in [-0.39, 0.29) is 12.3 Å². The quantitative estimate of drug-likeness (QED) is 0.486. The van der Waals surface area contributed by atoms with Gasteiger partial charge in [-0.15, -0.1) is 16.4 Å². The molecule has 148 valence electrons. The van der Waals surface area contributed by atoms with Gasteiger partial charge < -0.3 is 5.32 Å².